The molecule has 4 heteroatoms. The van der Waals surface area contributed by atoms with E-state index >= 15 is 0 Å². The average molecular weight is 341 g/mol. The zero-order valence-corrected chi connectivity index (χ0v) is 14.4. The molecule has 2 aliphatic rings. The Balaban J connectivity index is 1.51. The number of para-hydroxylation sites is 1. The summed E-state index contributed by atoms with van der Waals surface area (Å²) in [5.74, 6) is 1.05. The van der Waals surface area contributed by atoms with Crippen molar-refractivity contribution >= 4 is 17.4 Å². The fraction of sp³-hybridized carbons (Fsp3) is 0.227. The van der Waals surface area contributed by atoms with E-state index in [4.69, 9.17) is 4.98 Å². The molecule has 0 saturated carbocycles. The second kappa shape index (κ2) is 6.06. The van der Waals surface area contributed by atoms with E-state index < -0.39 is 0 Å². The standard InChI is InChI=1S/C22H19N3O/c26-21-13-17(15-6-2-1-3-7-15)12-19-18(21)14-23-22(24-19)25-11-10-16-8-4-5-9-20(16)25/h1-9,14,17H,10-13H2/t17-/m1/s1. The maximum Gasteiger partial charge on any atom is 0.230 e. The number of fused-ring (bicyclic) bond motifs is 2. The zero-order chi connectivity index (χ0) is 17.5. The van der Waals surface area contributed by atoms with Gasteiger partial charge in [0.25, 0.3) is 0 Å². The normalized spacial score (nSPS) is 18.5. The Morgan fingerprint density at radius 2 is 1.77 bits per heavy atom. The summed E-state index contributed by atoms with van der Waals surface area (Å²) < 4.78 is 0. The molecule has 0 radical (unpaired) electrons. The lowest BCUT2D eigenvalue weighted by atomic mass is 9.82. The first kappa shape index (κ1) is 15.3. The van der Waals surface area contributed by atoms with E-state index in [0.717, 1.165) is 25.1 Å². The SMILES string of the molecule is O=C1C[C@H](c2ccccc2)Cc2nc(N3CCc4ccccc43)ncc21. The summed E-state index contributed by atoms with van der Waals surface area (Å²) in [4.78, 5) is 24.1. The van der Waals surface area contributed by atoms with E-state index in [9.17, 15) is 4.79 Å². The smallest absolute Gasteiger partial charge is 0.230 e. The first-order valence-electron chi connectivity index (χ1n) is 9.09. The van der Waals surface area contributed by atoms with Crippen molar-refractivity contribution in [3.8, 4) is 0 Å². The van der Waals surface area contributed by atoms with Gasteiger partial charge in [-0.05, 0) is 36.0 Å². The van der Waals surface area contributed by atoms with Crippen LogP contribution in [0.1, 0.15) is 39.5 Å². The van der Waals surface area contributed by atoms with Crippen LogP contribution >= 0.6 is 0 Å². The summed E-state index contributed by atoms with van der Waals surface area (Å²) in [5.41, 5.74) is 5.28. The number of Topliss-reactive ketones (excluding diaryl/α,β-unsaturated/α-hetero) is 1. The molecule has 0 fully saturated rings. The molecule has 4 nitrogen and oxygen atoms in total. The van der Waals surface area contributed by atoms with Crippen LogP contribution in [0, 0.1) is 0 Å². The summed E-state index contributed by atoms with van der Waals surface area (Å²) in [6.07, 6.45) is 4.05. The van der Waals surface area contributed by atoms with Gasteiger partial charge in [0.1, 0.15) is 0 Å². The minimum atomic E-state index is 0.147. The number of anilines is 2. The predicted molar refractivity (Wildman–Crippen MR) is 101 cm³/mol. The lowest BCUT2D eigenvalue weighted by Gasteiger charge is -2.25. The van der Waals surface area contributed by atoms with Crippen LogP contribution in [-0.4, -0.2) is 22.3 Å². The van der Waals surface area contributed by atoms with Gasteiger partial charge in [-0.25, -0.2) is 9.97 Å². The highest BCUT2D eigenvalue weighted by Gasteiger charge is 2.29. The fourth-order valence-electron chi connectivity index (χ4n) is 4.07. The average Bonchev–Trinajstić information content (AvgIpc) is 3.12. The molecule has 0 bridgehead atoms. The number of carbonyl (C=O) groups excluding carboxylic acids is 1. The zero-order valence-electron chi connectivity index (χ0n) is 14.4. The third kappa shape index (κ3) is 2.49. The fourth-order valence-corrected chi connectivity index (χ4v) is 4.07. The Morgan fingerprint density at radius 1 is 0.962 bits per heavy atom. The van der Waals surface area contributed by atoms with Crippen molar-refractivity contribution in [2.75, 3.05) is 11.4 Å². The molecule has 26 heavy (non-hydrogen) atoms. The molecule has 1 atom stereocenters. The molecule has 0 amide bonds. The molecule has 2 aromatic carbocycles. The van der Waals surface area contributed by atoms with Crippen molar-refractivity contribution in [3.63, 3.8) is 0 Å². The molecule has 0 spiro atoms. The molecule has 5 rings (SSSR count). The van der Waals surface area contributed by atoms with Crippen LogP contribution in [0.3, 0.4) is 0 Å². The van der Waals surface area contributed by atoms with Gasteiger partial charge in [-0.2, -0.15) is 0 Å². The van der Waals surface area contributed by atoms with Crippen molar-refractivity contribution in [2.24, 2.45) is 0 Å². The second-order valence-corrected chi connectivity index (χ2v) is 7.00. The van der Waals surface area contributed by atoms with Crippen LogP contribution in [0.5, 0.6) is 0 Å². The molecule has 128 valence electrons. The number of nitrogens with zero attached hydrogens (tertiary/aromatic N) is 3. The van der Waals surface area contributed by atoms with Gasteiger partial charge >= 0.3 is 0 Å². The van der Waals surface area contributed by atoms with Gasteiger partial charge in [0, 0.05) is 24.8 Å². The molecule has 3 aromatic rings. The van der Waals surface area contributed by atoms with Crippen molar-refractivity contribution in [1.82, 2.24) is 9.97 Å². The molecule has 0 unspecified atom stereocenters. The third-order valence-corrected chi connectivity index (χ3v) is 5.43. The Bertz CT molecular complexity index is 984. The first-order chi connectivity index (χ1) is 12.8. The van der Waals surface area contributed by atoms with Gasteiger partial charge in [0.2, 0.25) is 5.95 Å². The van der Waals surface area contributed by atoms with Crippen molar-refractivity contribution in [3.05, 3.63) is 83.2 Å². The van der Waals surface area contributed by atoms with E-state index in [2.05, 4.69) is 40.2 Å². The number of benzene rings is 2. The molecule has 0 saturated heterocycles. The summed E-state index contributed by atoms with van der Waals surface area (Å²) >= 11 is 0. The van der Waals surface area contributed by atoms with Crippen LogP contribution in [-0.2, 0) is 12.8 Å². The van der Waals surface area contributed by atoms with Crippen molar-refractivity contribution < 1.29 is 4.79 Å². The van der Waals surface area contributed by atoms with Crippen LogP contribution in [0.4, 0.5) is 11.6 Å². The Kier molecular flexibility index (Phi) is 3.56. The molecule has 1 aliphatic carbocycles. The quantitative estimate of drug-likeness (QED) is 0.704. The van der Waals surface area contributed by atoms with Crippen molar-refractivity contribution in [2.45, 2.75) is 25.2 Å². The van der Waals surface area contributed by atoms with E-state index in [1.807, 2.05) is 24.3 Å². The van der Waals surface area contributed by atoms with E-state index in [0.29, 0.717) is 17.9 Å². The van der Waals surface area contributed by atoms with Crippen LogP contribution < -0.4 is 4.90 Å². The van der Waals surface area contributed by atoms with Gasteiger partial charge in [-0.15, -0.1) is 0 Å². The number of ketones is 1. The summed E-state index contributed by atoms with van der Waals surface area (Å²) in [6.45, 7) is 0.883. The topological polar surface area (TPSA) is 46.1 Å². The minimum absolute atomic E-state index is 0.147. The molecular formula is C22H19N3O. The maximum atomic E-state index is 12.6. The number of hydrogen-bond acceptors (Lipinski definition) is 4. The van der Waals surface area contributed by atoms with Gasteiger partial charge < -0.3 is 4.90 Å². The van der Waals surface area contributed by atoms with Crippen molar-refractivity contribution in [1.29, 1.82) is 0 Å². The summed E-state index contributed by atoms with van der Waals surface area (Å²) in [7, 11) is 0. The first-order valence-corrected chi connectivity index (χ1v) is 9.09. The number of aromatic nitrogens is 2. The molecular weight excluding hydrogens is 322 g/mol. The highest BCUT2D eigenvalue weighted by Crippen LogP contribution is 2.35. The Hall–Kier alpha value is -3.01. The summed E-state index contributed by atoms with van der Waals surface area (Å²) in [6, 6.07) is 18.6. The monoisotopic (exact) mass is 341 g/mol. The number of hydrogen-bond donors (Lipinski definition) is 0. The van der Waals surface area contributed by atoms with Gasteiger partial charge in [0.15, 0.2) is 5.78 Å². The molecule has 1 aliphatic heterocycles. The lowest BCUT2D eigenvalue weighted by molar-refractivity contribution is 0.0962. The van der Waals surface area contributed by atoms with E-state index in [1.165, 1.54) is 16.8 Å². The summed E-state index contributed by atoms with van der Waals surface area (Å²) in [5, 5.41) is 0. The van der Waals surface area contributed by atoms with E-state index in [-0.39, 0.29) is 11.7 Å². The maximum absolute atomic E-state index is 12.6. The Labute approximate surface area is 152 Å². The predicted octanol–water partition coefficient (Wildman–Crippen LogP) is 4.08. The van der Waals surface area contributed by atoms with Crippen LogP contribution in [0.25, 0.3) is 0 Å². The second-order valence-electron chi connectivity index (χ2n) is 7.00. The highest BCUT2D eigenvalue weighted by atomic mass is 16.1. The van der Waals surface area contributed by atoms with Crippen LogP contribution in [0.15, 0.2) is 60.8 Å². The van der Waals surface area contributed by atoms with E-state index in [1.54, 1.807) is 6.20 Å². The Morgan fingerprint density at radius 3 is 2.65 bits per heavy atom. The largest absolute Gasteiger partial charge is 0.310 e. The van der Waals surface area contributed by atoms with Gasteiger partial charge in [-0.1, -0.05) is 48.5 Å². The van der Waals surface area contributed by atoms with Crippen LogP contribution in [0.2, 0.25) is 0 Å². The number of rotatable bonds is 2. The third-order valence-electron chi connectivity index (χ3n) is 5.43. The number of carbonyl (C=O) groups is 1. The van der Waals surface area contributed by atoms with Gasteiger partial charge in [0.05, 0.1) is 11.3 Å². The molecule has 2 heterocycles. The highest BCUT2D eigenvalue weighted by molar-refractivity contribution is 5.98. The minimum Gasteiger partial charge on any atom is -0.310 e. The lowest BCUT2D eigenvalue weighted by Crippen LogP contribution is -2.23. The van der Waals surface area contributed by atoms with Gasteiger partial charge in [-0.3, -0.25) is 4.79 Å². The molecule has 0 N–H and O–H groups in total. The molecule has 1 aromatic heterocycles.